The van der Waals surface area contributed by atoms with Crippen LogP contribution in [-0.4, -0.2) is 63.3 Å². The number of aromatic amines is 1. The molecule has 1 fully saturated rings. The standard InChI is InChI=1S/C18H24N6O2S/c1-13-21-18(23-22-13)27-10-8-19-16(25)11-15-17(26)20-7-9-24(15)12-14-5-3-2-4-6-14/h2-6,15H,7-12H2,1H3,(H,19,25)(H,20,26)(H,21,22,23)/t15-/m1/s1. The lowest BCUT2D eigenvalue weighted by Gasteiger charge is -2.34. The van der Waals surface area contributed by atoms with E-state index in [4.69, 9.17) is 0 Å². The van der Waals surface area contributed by atoms with Crippen LogP contribution in [0.25, 0.3) is 0 Å². The van der Waals surface area contributed by atoms with Gasteiger partial charge in [-0.1, -0.05) is 42.1 Å². The third kappa shape index (κ3) is 5.80. The lowest BCUT2D eigenvalue weighted by Crippen LogP contribution is -2.56. The Labute approximate surface area is 162 Å². The summed E-state index contributed by atoms with van der Waals surface area (Å²) in [6.45, 7) is 4.35. The first-order valence-corrected chi connectivity index (χ1v) is 9.94. The van der Waals surface area contributed by atoms with Gasteiger partial charge in [0.15, 0.2) is 0 Å². The Hall–Kier alpha value is -2.39. The van der Waals surface area contributed by atoms with E-state index < -0.39 is 6.04 Å². The molecule has 1 aromatic carbocycles. The third-order valence-corrected chi connectivity index (χ3v) is 5.13. The molecule has 27 heavy (non-hydrogen) atoms. The van der Waals surface area contributed by atoms with Crippen molar-refractivity contribution in [2.45, 2.75) is 31.1 Å². The summed E-state index contributed by atoms with van der Waals surface area (Å²) >= 11 is 1.47. The molecule has 3 N–H and O–H groups in total. The van der Waals surface area contributed by atoms with Crippen LogP contribution >= 0.6 is 11.8 Å². The molecule has 144 valence electrons. The van der Waals surface area contributed by atoms with Gasteiger partial charge in [-0.05, 0) is 12.5 Å². The molecule has 2 aromatic rings. The molecule has 3 rings (SSSR count). The Balaban J connectivity index is 1.47. The number of carbonyl (C=O) groups is 2. The van der Waals surface area contributed by atoms with E-state index in [1.54, 1.807) is 0 Å². The maximum atomic E-state index is 12.3. The molecule has 0 spiro atoms. The van der Waals surface area contributed by atoms with Gasteiger partial charge in [0.05, 0.1) is 12.5 Å². The van der Waals surface area contributed by atoms with Crippen molar-refractivity contribution in [1.29, 1.82) is 0 Å². The van der Waals surface area contributed by atoms with Crippen molar-refractivity contribution in [2.75, 3.05) is 25.4 Å². The maximum Gasteiger partial charge on any atom is 0.237 e. The molecule has 2 heterocycles. The van der Waals surface area contributed by atoms with Crippen LogP contribution in [0.15, 0.2) is 35.5 Å². The number of nitrogens with one attached hydrogen (secondary N) is 3. The minimum absolute atomic E-state index is 0.0853. The molecule has 0 bridgehead atoms. The number of H-pyrrole nitrogens is 1. The molecule has 1 aromatic heterocycles. The van der Waals surface area contributed by atoms with Gasteiger partial charge in [0.2, 0.25) is 17.0 Å². The van der Waals surface area contributed by atoms with E-state index in [-0.39, 0.29) is 18.2 Å². The number of carbonyl (C=O) groups excluding carboxylic acids is 2. The first kappa shape index (κ1) is 19.4. The molecule has 0 aliphatic carbocycles. The molecule has 1 aliphatic rings. The predicted molar refractivity (Wildman–Crippen MR) is 103 cm³/mol. The number of piperazine rings is 1. The van der Waals surface area contributed by atoms with E-state index in [0.717, 1.165) is 17.9 Å². The van der Waals surface area contributed by atoms with Gasteiger partial charge >= 0.3 is 0 Å². The number of aryl methyl sites for hydroxylation is 1. The molecule has 2 amide bonds. The summed E-state index contributed by atoms with van der Waals surface area (Å²) in [6, 6.07) is 9.55. The number of rotatable bonds is 8. The quantitative estimate of drug-likeness (QED) is 0.455. The van der Waals surface area contributed by atoms with E-state index in [1.807, 2.05) is 37.3 Å². The minimum atomic E-state index is -0.442. The first-order valence-electron chi connectivity index (χ1n) is 8.96. The molecule has 9 heteroatoms. The van der Waals surface area contributed by atoms with Crippen molar-refractivity contribution in [3.8, 4) is 0 Å². The summed E-state index contributed by atoms with van der Waals surface area (Å²) in [7, 11) is 0. The van der Waals surface area contributed by atoms with Crippen molar-refractivity contribution in [3.63, 3.8) is 0 Å². The van der Waals surface area contributed by atoms with Crippen molar-refractivity contribution < 1.29 is 9.59 Å². The fourth-order valence-corrected chi connectivity index (χ4v) is 3.66. The zero-order valence-electron chi connectivity index (χ0n) is 15.3. The van der Waals surface area contributed by atoms with Gasteiger partial charge in [0.25, 0.3) is 0 Å². The molecular weight excluding hydrogens is 364 g/mol. The van der Waals surface area contributed by atoms with Gasteiger partial charge in [-0.15, -0.1) is 5.10 Å². The lowest BCUT2D eigenvalue weighted by molar-refractivity contribution is -0.134. The molecule has 0 saturated carbocycles. The normalized spacial score (nSPS) is 17.5. The van der Waals surface area contributed by atoms with E-state index in [2.05, 4.69) is 30.7 Å². The van der Waals surface area contributed by atoms with Crippen LogP contribution in [0.5, 0.6) is 0 Å². The SMILES string of the molecule is Cc1nc(SCCNC(=O)C[C@@H]2C(=O)NCCN2Cc2ccccc2)n[nH]1. The zero-order valence-corrected chi connectivity index (χ0v) is 16.1. The molecule has 0 unspecified atom stereocenters. The van der Waals surface area contributed by atoms with Crippen LogP contribution in [-0.2, 0) is 16.1 Å². The number of benzene rings is 1. The van der Waals surface area contributed by atoms with Crippen LogP contribution in [0.3, 0.4) is 0 Å². The largest absolute Gasteiger partial charge is 0.355 e. The fourth-order valence-electron chi connectivity index (χ4n) is 2.96. The zero-order chi connectivity index (χ0) is 19.1. The number of hydrogen-bond acceptors (Lipinski definition) is 6. The van der Waals surface area contributed by atoms with E-state index in [0.29, 0.717) is 30.5 Å². The van der Waals surface area contributed by atoms with Crippen LogP contribution in [0.2, 0.25) is 0 Å². The second-order valence-corrected chi connectivity index (χ2v) is 7.43. The summed E-state index contributed by atoms with van der Waals surface area (Å²) in [4.78, 5) is 30.9. The smallest absolute Gasteiger partial charge is 0.237 e. The highest BCUT2D eigenvalue weighted by Gasteiger charge is 2.31. The van der Waals surface area contributed by atoms with E-state index in [9.17, 15) is 9.59 Å². The Bertz CT molecular complexity index is 766. The Kier molecular flexibility index (Phi) is 6.83. The number of nitrogens with zero attached hydrogens (tertiary/aromatic N) is 3. The summed E-state index contributed by atoms with van der Waals surface area (Å²) in [5.74, 6) is 1.23. The fraction of sp³-hybridized carbons (Fsp3) is 0.444. The van der Waals surface area contributed by atoms with Crippen molar-refractivity contribution in [3.05, 3.63) is 41.7 Å². The molecular formula is C18H24N6O2S. The summed E-state index contributed by atoms with van der Waals surface area (Å²) < 4.78 is 0. The van der Waals surface area contributed by atoms with Gasteiger partial charge in [-0.2, -0.15) is 0 Å². The van der Waals surface area contributed by atoms with Gasteiger partial charge in [-0.25, -0.2) is 4.98 Å². The average molecular weight is 388 g/mol. The van der Waals surface area contributed by atoms with Crippen LogP contribution in [0.1, 0.15) is 17.8 Å². The van der Waals surface area contributed by atoms with Crippen molar-refractivity contribution >= 4 is 23.6 Å². The highest BCUT2D eigenvalue weighted by atomic mass is 32.2. The topological polar surface area (TPSA) is 103 Å². The van der Waals surface area contributed by atoms with Crippen LogP contribution in [0.4, 0.5) is 0 Å². The number of aromatic nitrogens is 3. The lowest BCUT2D eigenvalue weighted by atomic mass is 10.1. The average Bonchev–Trinajstić information content (AvgIpc) is 3.08. The van der Waals surface area contributed by atoms with Gasteiger partial charge in [-0.3, -0.25) is 19.6 Å². The minimum Gasteiger partial charge on any atom is -0.355 e. The predicted octanol–water partition coefficient (Wildman–Crippen LogP) is 0.712. The summed E-state index contributed by atoms with van der Waals surface area (Å²) in [5.41, 5.74) is 1.14. The number of amides is 2. The van der Waals surface area contributed by atoms with E-state index >= 15 is 0 Å². The molecule has 1 aliphatic heterocycles. The van der Waals surface area contributed by atoms with Gasteiger partial charge < -0.3 is 10.6 Å². The number of hydrogen-bond donors (Lipinski definition) is 3. The molecule has 1 atom stereocenters. The van der Waals surface area contributed by atoms with E-state index in [1.165, 1.54) is 11.8 Å². The van der Waals surface area contributed by atoms with Crippen molar-refractivity contribution in [2.24, 2.45) is 0 Å². The molecule has 8 nitrogen and oxygen atoms in total. The van der Waals surface area contributed by atoms with Gasteiger partial charge in [0, 0.05) is 31.9 Å². The highest BCUT2D eigenvalue weighted by Crippen LogP contribution is 2.14. The molecule has 0 radical (unpaired) electrons. The monoisotopic (exact) mass is 388 g/mol. The Morgan fingerprint density at radius 2 is 2.19 bits per heavy atom. The van der Waals surface area contributed by atoms with Crippen LogP contribution in [0, 0.1) is 6.92 Å². The first-order chi connectivity index (χ1) is 13.1. The van der Waals surface area contributed by atoms with Crippen molar-refractivity contribution in [1.82, 2.24) is 30.7 Å². The second-order valence-electron chi connectivity index (χ2n) is 6.37. The van der Waals surface area contributed by atoms with Crippen LogP contribution < -0.4 is 10.6 Å². The Morgan fingerprint density at radius 1 is 1.37 bits per heavy atom. The third-order valence-electron chi connectivity index (χ3n) is 4.28. The summed E-state index contributed by atoms with van der Waals surface area (Å²) in [5, 5.41) is 13.2. The maximum absolute atomic E-state index is 12.3. The highest BCUT2D eigenvalue weighted by molar-refractivity contribution is 7.99. The number of thioether (sulfide) groups is 1. The van der Waals surface area contributed by atoms with Gasteiger partial charge in [0.1, 0.15) is 5.82 Å². The molecule has 1 saturated heterocycles. The second kappa shape index (κ2) is 9.52. The Morgan fingerprint density at radius 3 is 2.93 bits per heavy atom. The summed E-state index contributed by atoms with van der Waals surface area (Å²) in [6.07, 6.45) is 0.156.